The molecule has 0 saturated carbocycles. The highest BCUT2D eigenvalue weighted by Crippen LogP contribution is 2.26. The SMILES string of the molecule is Cc1cnc(CNS(=O)(=O)c2cc(C(=O)O)oc2Br)s1. The van der Waals surface area contributed by atoms with E-state index in [9.17, 15) is 13.2 Å². The highest BCUT2D eigenvalue weighted by atomic mass is 79.9. The van der Waals surface area contributed by atoms with Crippen molar-refractivity contribution in [3.05, 3.63) is 32.6 Å². The van der Waals surface area contributed by atoms with Gasteiger partial charge in [0.15, 0.2) is 4.67 Å². The van der Waals surface area contributed by atoms with Gasteiger partial charge in [0, 0.05) is 17.1 Å². The van der Waals surface area contributed by atoms with Gasteiger partial charge in [-0.05, 0) is 22.9 Å². The molecule has 0 aliphatic heterocycles. The van der Waals surface area contributed by atoms with Gasteiger partial charge in [0.1, 0.15) is 9.90 Å². The fourth-order valence-corrected chi connectivity index (χ4v) is 4.10. The molecule has 108 valence electrons. The topological polar surface area (TPSA) is 110 Å². The molecule has 0 aliphatic carbocycles. The van der Waals surface area contributed by atoms with Gasteiger partial charge in [0.2, 0.25) is 15.8 Å². The Morgan fingerprint density at radius 3 is 2.80 bits per heavy atom. The maximum atomic E-state index is 12.1. The van der Waals surface area contributed by atoms with Crippen LogP contribution in [-0.2, 0) is 16.6 Å². The molecule has 0 spiro atoms. The van der Waals surface area contributed by atoms with Crippen molar-refractivity contribution in [2.75, 3.05) is 0 Å². The zero-order chi connectivity index (χ0) is 14.9. The third-order valence-corrected chi connectivity index (χ3v) is 5.41. The minimum absolute atomic E-state index is 0.0286. The largest absolute Gasteiger partial charge is 0.475 e. The van der Waals surface area contributed by atoms with Crippen LogP contribution in [0.5, 0.6) is 0 Å². The van der Waals surface area contributed by atoms with Gasteiger partial charge in [-0.1, -0.05) is 0 Å². The van der Waals surface area contributed by atoms with Crippen LogP contribution >= 0.6 is 27.3 Å². The van der Waals surface area contributed by atoms with Crippen LogP contribution in [0, 0.1) is 6.92 Å². The smallest absolute Gasteiger partial charge is 0.371 e. The maximum absolute atomic E-state index is 12.1. The molecule has 0 fully saturated rings. The summed E-state index contributed by atoms with van der Waals surface area (Å²) in [5.74, 6) is -1.80. The molecule has 20 heavy (non-hydrogen) atoms. The number of hydrogen-bond donors (Lipinski definition) is 2. The standard InChI is InChI=1S/C10H9BrN2O5S2/c1-5-3-12-8(19-5)4-13-20(16,17)7-2-6(10(14)15)18-9(7)11/h2-3,13H,4H2,1H3,(H,14,15). The van der Waals surface area contributed by atoms with E-state index in [2.05, 4.69) is 25.6 Å². The van der Waals surface area contributed by atoms with Gasteiger partial charge < -0.3 is 9.52 Å². The monoisotopic (exact) mass is 380 g/mol. The molecule has 0 saturated heterocycles. The second-order valence-electron chi connectivity index (χ2n) is 3.74. The number of nitrogens with one attached hydrogen (secondary N) is 1. The summed E-state index contributed by atoms with van der Waals surface area (Å²) in [4.78, 5) is 15.5. The van der Waals surface area contributed by atoms with Gasteiger partial charge in [0.25, 0.3) is 0 Å². The molecule has 0 unspecified atom stereocenters. The van der Waals surface area contributed by atoms with Crippen LogP contribution in [0.2, 0.25) is 0 Å². The lowest BCUT2D eigenvalue weighted by Gasteiger charge is -2.02. The van der Waals surface area contributed by atoms with Gasteiger partial charge in [-0.3, -0.25) is 0 Å². The lowest BCUT2D eigenvalue weighted by atomic mass is 10.5. The van der Waals surface area contributed by atoms with Crippen LogP contribution in [0.25, 0.3) is 0 Å². The van der Waals surface area contributed by atoms with Crippen molar-refractivity contribution in [1.82, 2.24) is 9.71 Å². The summed E-state index contributed by atoms with van der Waals surface area (Å²) < 4.78 is 31.1. The van der Waals surface area contributed by atoms with Crippen molar-refractivity contribution in [3.8, 4) is 0 Å². The number of carbonyl (C=O) groups is 1. The molecule has 0 bridgehead atoms. The number of carboxylic acid groups (broad SMARTS) is 1. The van der Waals surface area contributed by atoms with E-state index in [1.54, 1.807) is 6.20 Å². The predicted molar refractivity (Wildman–Crippen MR) is 74.2 cm³/mol. The van der Waals surface area contributed by atoms with Gasteiger partial charge in [0.05, 0.1) is 6.54 Å². The summed E-state index contributed by atoms with van der Waals surface area (Å²) in [5, 5.41) is 9.38. The van der Waals surface area contributed by atoms with Gasteiger partial charge in [-0.25, -0.2) is 22.9 Å². The Kier molecular flexibility index (Phi) is 4.28. The van der Waals surface area contributed by atoms with Crippen molar-refractivity contribution < 1.29 is 22.7 Å². The minimum Gasteiger partial charge on any atom is -0.475 e. The predicted octanol–water partition coefficient (Wildman–Crippen LogP) is 1.98. The summed E-state index contributed by atoms with van der Waals surface area (Å²) in [5.41, 5.74) is 0. The second kappa shape index (κ2) is 5.64. The molecule has 2 rings (SSSR count). The van der Waals surface area contributed by atoms with Gasteiger partial charge in [-0.2, -0.15) is 0 Å². The summed E-state index contributed by atoms with van der Waals surface area (Å²) in [6.45, 7) is 1.89. The molecule has 2 aromatic rings. The molecule has 0 amide bonds. The van der Waals surface area contributed by atoms with Crippen LogP contribution in [0.15, 0.2) is 26.2 Å². The number of hydrogen-bond acceptors (Lipinski definition) is 6. The zero-order valence-electron chi connectivity index (χ0n) is 10.1. The highest BCUT2D eigenvalue weighted by molar-refractivity contribution is 9.10. The first-order valence-electron chi connectivity index (χ1n) is 5.23. The van der Waals surface area contributed by atoms with Crippen LogP contribution in [-0.4, -0.2) is 24.5 Å². The molecule has 2 heterocycles. The van der Waals surface area contributed by atoms with Gasteiger partial charge in [-0.15, -0.1) is 11.3 Å². The van der Waals surface area contributed by atoms with Crippen molar-refractivity contribution in [1.29, 1.82) is 0 Å². The zero-order valence-corrected chi connectivity index (χ0v) is 13.3. The highest BCUT2D eigenvalue weighted by Gasteiger charge is 2.24. The van der Waals surface area contributed by atoms with E-state index in [-0.39, 0.29) is 16.1 Å². The summed E-state index contributed by atoms with van der Waals surface area (Å²) in [6.07, 6.45) is 1.64. The number of aromatic nitrogens is 1. The third kappa shape index (κ3) is 3.26. The molecule has 0 radical (unpaired) electrons. The molecular weight excluding hydrogens is 372 g/mol. The number of aromatic carboxylic acids is 1. The molecule has 0 aromatic carbocycles. The van der Waals surface area contributed by atoms with Crippen molar-refractivity contribution >= 4 is 43.3 Å². The van der Waals surface area contributed by atoms with Crippen LogP contribution in [0.1, 0.15) is 20.4 Å². The summed E-state index contributed by atoms with van der Waals surface area (Å²) in [7, 11) is -3.88. The lowest BCUT2D eigenvalue weighted by molar-refractivity contribution is 0.0661. The van der Waals surface area contributed by atoms with Crippen molar-refractivity contribution in [3.63, 3.8) is 0 Å². The first-order valence-corrected chi connectivity index (χ1v) is 8.32. The van der Waals surface area contributed by atoms with Gasteiger partial charge >= 0.3 is 5.97 Å². The maximum Gasteiger partial charge on any atom is 0.371 e. The molecule has 7 nitrogen and oxygen atoms in total. The summed E-state index contributed by atoms with van der Waals surface area (Å²) >= 11 is 4.26. The average Bonchev–Trinajstić information content (AvgIpc) is 2.93. The number of sulfonamides is 1. The van der Waals surface area contributed by atoms with E-state index in [1.165, 1.54) is 11.3 Å². The summed E-state index contributed by atoms with van der Waals surface area (Å²) in [6, 6.07) is 0.946. The second-order valence-corrected chi connectivity index (χ2v) is 7.52. The molecule has 0 aliphatic rings. The molecule has 2 aromatic heterocycles. The number of halogens is 1. The van der Waals surface area contributed by atoms with Crippen LogP contribution in [0.4, 0.5) is 0 Å². The fraction of sp³-hybridized carbons (Fsp3) is 0.200. The Bertz CT molecular complexity index is 750. The van der Waals surface area contributed by atoms with Crippen LogP contribution < -0.4 is 4.72 Å². The van der Waals surface area contributed by atoms with Crippen molar-refractivity contribution in [2.45, 2.75) is 18.4 Å². The Labute approximate surface area is 126 Å². The molecule has 10 heteroatoms. The normalized spacial score (nSPS) is 11.7. The number of thiazole rings is 1. The number of nitrogens with zero attached hydrogens (tertiary/aromatic N) is 1. The molecular formula is C10H9BrN2O5S2. The number of rotatable bonds is 5. The number of aryl methyl sites for hydroxylation is 1. The van der Waals surface area contributed by atoms with E-state index >= 15 is 0 Å². The number of carboxylic acids is 1. The van der Waals surface area contributed by atoms with Crippen LogP contribution in [0.3, 0.4) is 0 Å². The third-order valence-electron chi connectivity index (χ3n) is 2.24. The number of furan rings is 1. The van der Waals surface area contributed by atoms with E-state index in [0.29, 0.717) is 5.01 Å². The fourth-order valence-electron chi connectivity index (χ4n) is 1.36. The minimum atomic E-state index is -3.88. The average molecular weight is 381 g/mol. The Morgan fingerprint density at radius 2 is 2.30 bits per heavy atom. The molecule has 2 N–H and O–H groups in total. The lowest BCUT2D eigenvalue weighted by Crippen LogP contribution is -2.23. The first kappa shape index (κ1) is 15.2. The van der Waals surface area contributed by atoms with E-state index in [1.807, 2.05) is 6.92 Å². The van der Waals surface area contributed by atoms with E-state index in [0.717, 1.165) is 10.9 Å². The first-order chi connectivity index (χ1) is 9.29. The van der Waals surface area contributed by atoms with E-state index in [4.69, 9.17) is 9.52 Å². The van der Waals surface area contributed by atoms with E-state index < -0.39 is 21.8 Å². The van der Waals surface area contributed by atoms with Crippen molar-refractivity contribution in [2.24, 2.45) is 0 Å². The quantitative estimate of drug-likeness (QED) is 0.820. The Balaban J connectivity index is 2.20. The Morgan fingerprint density at radius 1 is 1.60 bits per heavy atom. The molecule has 0 atom stereocenters. The Hall–Kier alpha value is -1.23.